The van der Waals surface area contributed by atoms with Crippen LogP contribution < -0.4 is 0 Å². The Morgan fingerprint density at radius 3 is 2.75 bits per heavy atom. The van der Waals surface area contributed by atoms with Crippen LogP contribution in [0.4, 0.5) is 0 Å². The zero-order valence-corrected chi connectivity index (χ0v) is 12.7. The summed E-state index contributed by atoms with van der Waals surface area (Å²) < 4.78 is 7.48. The van der Waals surface area contributed by atoms with Crippen molar-refractivity contribution in [2.75, 3.05) is 19.0 Å². The molecule has 0 spiro atoms. The molecule has 0 bridgehead atoms. The number of carbonyl (C=O) groups is 1. The highest BCUT2D eigenvalue weighted by Crippen LogP contribution is 2.29. The van der Waals surface area contributed by atoms with Crippen LogP contribution in [-0.4, -0.2) is 44.8 Å². The Balaban J connectivity index is 2.19. The van der Waals surface area contributed by atoms with Crippen molar-refractivity contribution in [3.8, 4) is 0 Å². The zero-order chi connectivity index (χ0) is 14.5. The molecular formula is C13H21N3O3S. The van der Waals surface area contributed by atoms with Crippen LogP contribution in [0.15, 0.2) is 5.16 Å². The predicted octanol–water partition coefficient (Wildman–Crippen LogP) is 2.00. The lowest BCUT2D eigenvalue weighted by Crippen LogP contribution is -2.19. The molecule has 0 radical (unpaired) electrons. The van der Waals surface area contributed by atoms with Gasteiger partial charge in [0.05, 0.1) is 5.75 Å². The first-order chi connectivity index (χ1) is 9.58. The number of aromatic nitrogens is 3. The summed E-state index contributed by atoms with van der Waals surface area (Å²) >= 11 is 1.24. The van der Waals surface area contributed by atoms with Gasteiger partial charge in [-0.05, 0) is 18.8 Å². The Bertz CT molecular complexity index is 456. The molecule has 0 aliphatic carbocycles. The van der Waals surface area contributed by atoms with Crippen LogP contribution in [0.2, 0.25) is 0 Å². The van der Waals surface area contributed by atoms with Crippen molar-refractivity contribution in [2.24, 2.45) is 5.92 Å². The number of rotatable bonds is 6. The summed E-state index contributed by atoms with van der Waals surface area (Å²) in [5.41, 5.74) is 0. The highest BCUT2D eigenvalue weighted by Gasteiger charge is 2.24. The largest absolute Gasteiger partial charge is 0.481 e. The van der Waals surface area contributed by atoms with Crippen LogP contribution in [0.1, 0.15) is 38.4 Å². The fraction of sp³-hybridized carbons (Fsp3) is 0.769. The second-order valence-corrected chi connectivity index (χ2v) is 6.36. The Hall–Kier alpha value is -1.08. The molecule has 1 aromatic heterocycles. The normalized spacial score (nSPS) is 16.8. The van der Waals surface area contributed by atoms with E-state index in [-0.39, 0.29) is 5.75 Å². The summed E-state index contributed by atoms with van der Waals surface area (Å²) in [7, 11) is 0. The van der Waals surface area contributed by atoms with Crippen molar-refractivity contribution in [3.63, 3.8) is 0 Å². The molecule has 7 heteroatoms. The fourth-order valence-electron chi connectivity index (χ4n) is 2.33. The van der Waals surface area contributed by atoms with Gasteiger partial charge in [-0.15, -0.1) is 10.2 Å². The van der Waals surface area contributed by atoms with Gasteiger partial charge in [-0.2, -0.15) is 0 Å². The standard InChI is InChI=1S/C13H21N3O3S/c1-9(2)7-16-12(10-3-5-19-6-4-10)14-15-13(16)20-8-11(17)18/h9-10H,3-8H2,1-2H3,(H,17,18). The van der Waals surface area contributed by atoms with Crippen molar-refractivity contribution >= 4 is 17.7 Å². The number of thioether (sulfide) groups is 1. The van der Waals surface area contributed by atoms with Gasteiger partial charge in [-0.1, -0.05) is 25.6 Å². The van der Waals surface area contributed by atoms with E-state index in [1.54, 1.807) is 0 Å². The number of carboxylic acid groups (broad SMARTS) is 1. The molecule has 0 aromatic carbocycles. The number of carboxylic acids is 1. The van der Waals surface area contributed by atoms with Crippen molar-refractivity contribution in [1.82, 2.24) is 14.8 Å². The van der Waals surface area contributed by atoms with Gasteiger partial charge in [-0.25, -0.2) is 0 Å². The molecular weight excluding hydrogens is 278 g/mol. The third-order valence-electron chi connectivity index (χ3n) is 3.20. The molecule has 112 valence electrons. The topological polar surface area (TPSA) is 77.2 Å². The maximum absolute atomic E-state index is 10.7. The first-order valence-electron chi connectivity index (χ1n) is 6.93. The molecule has 0 amide bonds. The summed E-state index contributed by atoms with van der Waals surface area (Å²) in [5, 5.41) is 18.0. The Kier molecular flexibility index (Phi) is 5.42. The summed E-state index contributed by atoms with van der Waals surface area (Å²) in [6.45, 7) is 6.62. The monoisotopic (exact) mass is 299 g/mol. The van der Waals surface area contributed by atoms with Crippen LogP contribution in [-0.2, 0) is 16.1 Å². The van der Waals surface area contributed by atoms with E-state index >= 15 is 0 Å². The molecule has 2 rings (SSSR count). The molecule has 1 N–H and O–H groups in total. The molecule has 20 heavy (non-hydrogen) atoms. The molecule has 1 aromatic rings. The Labute approximate surface area is 122 Å². The number of nitrogens with zero attached hydrogens (tertiary/aromatic N) is 3. The average molecular weight is 299 g/mol. The lowest BCUT2D eigenvalue weighted by molar-refractivity contribution is -0.133. The quantitative estimate of drug-likeness (QED) is 0.810. The maximum Gasteiger partial charge on any atom is 0.313 e. The third-order valence-corrected chi connectivity index (χ3v) is 4.16. The SMILES string of the molecule is CC(C)Cn1c(SCC(=O)O)nnc1C1CCOCC1. The zero-order valence-electron chi connectivity index (χ0n) is 11.9. The molecule has 1 fully saturated rings. The van der Waals surface area contributed by atoms with E-state index in [4.69, 9.17) is 9.84 Å². The molecule has 6 nitrogen and oxygen atoms in total. The van der Waals surface area contributed by atoms with E-state index in [1.807, 2.05) is 0 Å². The summed E-state index contributed by atoms with van der Waals surface area (Å²) in [4.78, 5) is 10.7. The third kappa shape index (κ3) is 3.96. The first kappa shape index (κ1) is 15.3. The molecule has 0 unspecified atom stereocenters. The van der Waals surface area contributed by atoms with Crippen LogP contribution in [0.5, 0.6) is 0 Å². The molecule has 0 atom stereocenters. The van der Waals surface area contributed by atoms with Crippen molar-refractivity contribution < 1.29 is 14.6 Å². The predicted molar refractivity (Wildman–Crippen MR) is 76.0 cm³/mol. The molecule has 1 aliphatic rings. The van der Waals surface area contributed by atoms with Gasteiger partial charge in [-0.3, -0.25) is 4.79 Å². The van der Waals surface area contributed by atoms with Gasteiger partial charge < -0.3 is 14.4 Å². The highest BCUT2D eigenvalue weighted by molar-refractivity contribution is 7.99. The molecule has 1 saturated heterocycles. The smallest absolute Gasteiger partial charge is 0.313 e. The van der Waals surface area contributed by atoms with E-state index in [2.05, 4.69) is 28.6 Å². The second kappa shape index (κ2) is 7.08. The van der Waals surface area contributed by atoms with Crippen molar-refractivity contribution in [1.29, 1.82) is 0 Å². The lowest BCUT2D eigenvalue weighted by Gasteiger charge is -2.22. The minimum Gasteiger partial charge on any atom is -0.481 e. The van der Waals surface area contributed by atoms with E-state index < -0.39 is 5.97 Å². The van der Waals surface area contributed by atoms with Gasteiger partial charge in [0.25, 0.3) is 0 Å². The van der Waals surface area contributed by atoms with Gasteiger partial charge >= 0.3 is 5.97 Å². The summed E-state index contributed by atoms with van der Waals surface area (Å²) in [5.74, 6) is 1.00. The Morgan fingerprint density at radius 1 is 1.45 bits per heavy atom. The van der Waals surface area contributed by atoms with Crippen molar-refractivity contribution in [2.45, 2.75) is 44.3 Å². The Morgan fingerprint density at radius 2 is 2.15 bits per heavy atom. The van der Waals surface area contributed by atoms with E-state index in [9.17, 15) is 4.79 Å². The maximum atomic E-state index is 10.7. The lowest BCUT2D eigenvalue weighted by atomic mass is 9.99. The van der Waals surface area contributed by atoms with Crippen LogP contribution >= 0.6 is 11.8 Å². The van der Waals surface area contributed by atoms with E-state index in [1.165, 1.54) is 11.8 Å². The number of hydrogen-bond donors (Lipinski definition) is 1. The van der Waals surface area contributed by atoms with Gasteiger partial charge in [0, 0.05) is 25.7 Å². The van der Waals surface area contributed by atoms with Crippen LogP contribution in [0.25, 0.3) is 0 Å². The van der Waals surface area contributed by atoms with Gasteiger partial charge in [0.15, 0.2) is 5.16 Å². The van der Waals surface area contributed by atoms with Crippen LogP contribution in [0.3, 0.4) is 0 Å². The summed E-state index contributed by atoms with van der Waals surface area (Å²) in [6, 6.07) is 0. The number of hydrogen-bond acceptors (Lipinski definition) is 5. The van der Waals surface area contributed by atoms with Crippen LogP contribution in [0, 0.1) is 5.92 Å². The van der Waals surface area contributed by atoms with Crippen molar-refractivity contribution in [3.05, 3.63) is 5.82 Å². The van der Waals surface area contributed by atoms with Gasteiger partial charge in [0.2, 0.25) is 0 Å². The summed E-state index contributed by atoms with van der Waals surface area (Å²) in [6.07, 6.45) is 1.92. The minimum atomic E-state index is -0.832. The number of aliphatic carboxylic acids is 1. The first-order valence-corrected chi connectivity index (χ1v) is 7.92. The average Bonchev–Trinajstić information content (AvgIpc) is 2.79. The molecule has 0 saturated carbocycles. The fourth-order valence-corrected chi connectivity index (χ4v) is 3.00. The van der Waals surface area contributed by atoms with Gasteiger partial charge in [0.1, 0.15) is 5.82 Å². The van der Waals surface area contributed by atoms with E-state index in [0.29, 0.717) is 17.0 Å². The number of ether oxygens (including phenoxy) is 1. The minimum absolute atomic E-state index is 0.0179. The highest BCUT2D eigenvalue weighted by atomic mass is 32.2. The molecule has 1 aliphatic heterocycles. The molecule has 2 heterocycles. The van der Waals surface area contributed by atoms with E-state index in [0.717, 1.165) is 38.4 Å². The second-order valence-electron chi connectivity index (χ2n) is 5.41.